The summed E-state index contributed by atoms with van der Waals surface area (Å²) in [7, 11) is 1.29. The van der Waals surface area contributed by atoms with Crippen LogP contribution in [0.3, 0.4) is 0 Å². The molecule has 0 aromatic heterocycles. The Morgan fingerprint density at radius 1 is 0.564 bits per heavy atom. The van der Waals surface area contributed by atoms with Gasteiger partial charge in [-0.3, -0.25) is 9.36 Å². The van der Waals surface area contributed by atoms with Gasteiger partial charge in [0.05, 0.1) is 34.4 Å². The fourth-order valence-electron chi connectivity index (χ4n) is 4.95. The molecule has 2 unspecified atom stereocenters. The van der Waals surface area contributed by atoms with Gasteiger partial charge in [-0.2, -0.15) is 0 Å². The lowest BCUT2D eigenvalue weighted by Gasteiger charge is -2.28. The molecular formula is C46H78NO7P. The summed E-state index contributed by atoms with van der Waals surface area (Å²) in [6.07, 6.45) is 51.5. The molecule has 314 valence electrons. The molecule has 0 aliphatic carbocycles. The molecule has 0 fully saturated rings. The zero-order chi connectivity index (χ0) is 40.6. The molecule has 0 saturated carbocycles. The first-order chi connectivity index (χ1) is 26.6. The van der Waals surface area contributed by atoms with Crippen molar-refractivity contribution in [1.29, 1.82) is 0 Å². The van der Waals surface area contributed by atoms with Crippen molar-refractivity contribution < 1.29 is 37.3 Å². The van der Waals surface area contributed by atoms with Crippen LogP contribution in [0, 0.1) is 0 Å². The minimum Gasteiger partial charge on any atom is -0.756 e. The highest BCUT2D eigenvalue weighted by atomic mass is 31.2. The van der Waals surface area contributed by atoms with E-state index in [-0.39, 0.29) is 32.2 Å². The highest BCUT2D eigenvalue weighted by Crippen LogP contribution is 2.38. The minimum atomic E-state index is -4.55. The van der Waals surface area contributed by atoms with Crippen LogP contribution in [-0.2, 0) is 27.9 Å². The van der Waals surface area contributed by atoms with Crippen LogP contribution in [0.1, 0.15) is 129 Å². The molecule has 0 aromatic rings. The summed E-state index contributed by atoms with van der Waals surface area (Å²) in [5.41, 5.74) is 0. The van der Waals surface area contributed by atoms with Gasteiger partial charge in [0.15, 0.2) is 0 Å². The Labute approximate surface area is 337 Å². The number of esters is 1. The van der Waals surface area contributed by atoms with Crippen LogP contribution in [0.5, 0.6) is 0 Å². The highest BCUT2D eigenvalue weighted by Gasteiger charge is 2.20. The van der Waals surface area contributed by atoms with Gasteiger partial charge in [-0.05, 0) is 83.5 Å². The van der Waals surface area contributed by atoms with E-state index in [0.717, 1.165) is 96.3 Å². The smallest absolute Gasteiger partial charge is 0.306 e. The van der Waals surface area contributed by atoms with Crippen LogP contribution in [0.15, 0.2) is 97.2 Å². The lowest BCUT2D eigenvalue weighted by Crippen LogP contribution is -2.37. The molecule has 0 aliphatic rings. The summed E-state index contributed by atoms with van der Waals surface area (Å²) >= 11 is 0. The molecule has 0 radical (unpaired) electrons. The van der Waals surface area contributed by atoms with Crippen molar-refractivity contribution in [2.45, 2.75) is 136 Å². The van der Waals surface area contributed by atoms with Gasteiger partial charge in [0.25, 0.3) is 7.82 Å². The van der Waals surface area contributed by atoms with Crippen LogP contribution >= 0.6 is 7.82 Å². The predicted molar refractivity (Wildman–Crippen MR) is 231 cm³/mol. The molecule has 8 nitrogen and oxygen atoms in total. The fourth-order valence-corrected chi connectivity index (χ4v) is 5.68. The first-order valence-electron chi connectivity index (χ1n) is 21.0. The Morgan fingerprint density at radius 2 is 1.00 bits per heavy atom. The molecule has 0 N–H and O–H groups in total. The molecule has 0 aliphatic heterocycles. The van der Waals surface area contributed by atoms with E-state index in [1.54, 1.807) is 0 Å². The number of rotatable bonds is 37. The van der Waals surface area contributed by atoms with Crippen LogP contribution < -0.4 is 4.89 Å². The maximum atomic E-state index is 12.7. The molecule has 55 heavy (non-hydrogen) atoms. The van der Waals surface area contributed by atoms with E-state index in [0.29, 0.717) is 17.6 Å². The Morgan fingerprint density at radius 3 is 1.49 bits per heavy atom. The van der Waals surface area contributed by atoms with Crippen molar-refractivity contribution in [3.8, 4) is 0 Å². The van der Waals surface area contributed by atoms with E-state index in [1.165, 1.54) is 12.8 Å². The molecule has 9 heteroatoms. The lowest BCUT2D eigenvalue weighted by atomic mass is 10.1. The number of nitrogens with zero attached hydrogens (tertiary/aromatic N) is 1. The number of quaternary nitrogens is 1. The van der Waals surface area contributed by atoms with Gasteiger partial charge in [-0.25, -0.2) is 0 Å². The third-order valence-corrected chi connectivity index (χ3v) is 9.09. The number of carbonyl (C=O) groups is 1. The summed E-state index contributed by atoms with van der Waals surface area (Å²) < 4.78 is 34.4. The lowest BCUT2D eigenvalue weighted by molar-refractivity contribution is -0.870. The molecule has 0 amide bonds. The predicted octanol–water partition coefficient (Wildman–Crippen LogP) is 11.6. The molecule has 0 spiro atoms. The molecule has 0 saturated heterocycles. The van der Waals surface area contributed by atoms with Crippen molar-refractivity contribution in [2.75, 3.05) is 54.1 Å². The van der Waals surface area contributed by atoms with Crippen molar-refractivity contribution >= 4 is 13.8 Å². The summed E-state index contributed by atoms with van der Waals surface area (Å²) in [5, 5.41) is 0. The Hall–Kier alpha value is -2.58. The fraction of sp³-hybridized carbons (Fsp3) is 0.630. The third-order valence-electron chi connectivity index (χ3n) is 8.13. The normalized spacial score (nSPS) is 14.8. The number of allylic oxidation sites excluding steroid dienone is 16. The van der Waals surface area contributed by atoms with Crippen molar-refractivity contribution in [1.82, 2.24) is 0 Å². The Balaban J connectivity index is 4.38. The third kappa shape index (κ3) is 42.4. The van der Waals surface area contributed by atoms with E-state index in [1.807, 2.05) is 21.1 Å². The zero-order valence-corrected chi connectivity index (χ0v) is 36.2. The van der Waals surface area contributed by atoms with Crippen LogP contribution in [0.2, 0.25) is 0 Å². The van der Waals surface area contributed by atoms with E-state index in [4.69, 9.17) is 18.5 Å². The van der Waals surface area contributed by atoms with Gasteiger partial charge in [-0.15, -0.1) is 0 Å². The summed E-state index contributed by atoms with van der Waals surface area (Å²) in [5.74, 6) is -0.372. The average Bonchev–Trinajstić information content (AvgIpc) is 3.13. The monoisotopic (exact) mass is 788 g/mol. The quantitative estimate of drug-likeness (QED) is 0.0203. The van der Waals surface area contributed by atoms with E-state index < -0.39 is 13.9 Å². The first-order valence-corrected chi connectivity index (χ1v) is 22.4. The molecule has 2 atom stereocenters. The second kappa shape index (κ2) is 38.3. The zero-order valence-electron chi connectivity index (χ0n) is 35.3. The number of ether oxygens (including phenoxy) is 2. The largest absolute Gasteiger partial charge is 0.756 e. The van der Waals surface area contributed by atoms with Crippen molar-refractivity contribution in [2.24, 2.45) is 0 Å². The number of phosphoric acid groups is 1. The molecule has 0 aromatic carbocycles. The standard InChI is InChI=1S/C46H78NO7P/c1-6-8-10-12-14-16-18-20-22-23-24-25-26-27-29-31-33-35-37-39-46(48)54-45(44-53-55(49,50)52-42-40-47(3,4)5)43-51-41-38-36-34-32-30-28-21-19-17-15-13-11-9-7-2/h8-11,14-17,20-22,24-25,28,32,34,45H,6-7,12-13,18-19,23,26-27,29-31,33,35-44H2,1-5H3/b10-8-,11-9-,16-14-,17-15-,22-20-,25-24-,28-21-,34-32-. The molecule has 0 bridgehead atoms. The summed E-state index contributed by atoms with van der Waals surface area (Å²) in [4.78, 5) is 25.0. The van der Waals surface area contributed by atoms with E-state index in [2.05, 4.69) is 111 Å². The second-order valence-corrected chi connectivity index (χ2v) is 16.0. The second-order valence-electron chi connectivity index (χ2n) is 14.6. The van der Waals surface area contributed by atoms with Gasteiger partial charge in [0.1, 0.15) is 19.3 Å². The van der Waals surface area contributed by atoms with E-state index in [9.17, 15) is 14.3 Å². The molecule has 0 heterocycles. The van der Waals surface area contributed by atoms with Crippen LogP contribution in [-0.4, -0.2) is 70.7 Å². The maximum absolute atomic E-state index is 12.7. The van der Waals surface area contributed by atoms with Crippen LogP contribution in [0.4, 0.5) is 0 Å². The number of hydrogen-bond donors (Lipinski definition) is 0. The number of phosphoric ester groups is 1. The summed E-state index contributed by atoms with van der Waals surface area (Å²) in [6, 6.07) is 0. The number of carbonyl (C=O) groups excluding carboxylic acids is 1. The Bertz CT molecular complexity index is 1190. The van der Waals surface area contributed by atoms with Gasteiger partial charge in [-0.1, -0.05) is 137 Å². The highest BCUT2D eigenvalue weighted by molar-refractivity contribution is 7.45. The van der Waals surface area contributed by atoms with Crippen molar-refractivity contribution in [3.05, 3.63) is 97.2 Å². The average molecular weight is 788 g/mol. The van der Waals surface area contributed by atoms with Crippen molar-refractivity contribution in [3.63, 3.8) is 0 Å². The van der Waals surface area contributed by atoms with Gasteiger partial charge in [0, 0.05) is 13.0 Å². The van der Waals surface area contributed by atoms with E-state index >= 15 is 0 Å². The summed E-state index contributed by atoms with van der Waals surface area (Å²) in [6.45, 7) is 4.97. The maximum Gasteiger partial charge on any atom is 0.306 e. The topological polar surface area (TPSA) is 94.1 Å². The Kier molecular flexibility index (Phi) is 36.5. The SMILES string of the molecule is CC/C=C\C/C=C\C/C=C\C/C=C\CCCCCCCCC(=O)OC(COCCC/C=C\C/C=C\C/C=C\C/C=C\CC)COP(=O)([O-])OCC[N+](C)(C)C. The number of likely N-dealkylation sites (N-methyl/N-ethyl adjacent to an activating group) is 1. The number of unbranched alkanes of at least 4 members (excludes halogenated alkanes) is 7. The molecular weight excluding hydrogens is 709 g/mol. The van der Waals surface area contributed by atoms with Crippen LogP contribution in [0.25, 0.3) is 0 Å². The van der Waals surface area contributed by atoms with Gasteiger partial charge in [0.2, 0.25) is 0 Å². The number of hydrogen-bond acceptors (Lipinski definition) is 7. The molecule has 0 rings (SSSR count). The minimum absolute atomic E-state index is 0.00691. The van der Waals surface area contributed by atoms with Gasteiger partial charge < -0.3 is 27.9 Å². The van der Waals surface area contributed by atoms with Gasteiger partial charge >= 0.3 is 5.97 Å². The first kappa shape index (κ1) is 52.4.